The fourth-order valence-electron chi connectivity index (χ4n) is 1.75. The molecule has 0 radical (unpaired) electrons. The monoisotopic (exact) mass is 342 g/mol. The van der Waals surface area contributed by atoms with E-state index in [0.717, 1.165) is 12.1 Å². The molecule has 2 rings (SSSR count). The second-order valence-electron chi connectivity index (χ2n) is 4.43. The number of anilines is 2. The van der Waals surface area contributed by atoms with Gasteiger partial charge in [-0.1, -0.05) is 12.0 Å². The van der Waals surface area contributed by atoms with Crippen LogP contribution in [0.5, 0.6) is 0 Å². The predicted octanol–water partition coefficient (Wildman–Crippen LogP) is 3.69. The molecule has 5 nitrogen and oxygen atoms in total. The molecule has 0 amide bonds. The minimum atomic E-state index is -0.306. The van der Waals surface area contributed by atoms with Crippen LogP contribution in [0.25, 0.3) is 0 Å². The molecule has 0 aliphatic carbocycles. The molecule has 1 heterocycles. The maximum Gasteiger partial charge on any atom is 0.320 e. The fraction of sp³-hybridized carbons (Fsp3) is 0.385. The van der Waals surface area contributed by atoms with Gasteiger partial charge in [-0.15, -0.1) is 5.10 Å². The first-order valence-corrected chi connectivity index (χ1v) is 7.10. The van der Waals surface area contributed by atoms with E-state index >= 15 is 0 Å². The number of nitrogens with one attached hydrogen (secondary N) is 2. The van der Waals surface area contributed by atoms with Crippen molar-refractivity contribution in [2.45, 2.75) is 26.8 Å². The highest BCUT2D eigenvalue weighted by molar-refractivity contribution is 9.10. The molecule has 0 saturated heterocycles. The summed E-state index contributed by atoms with van der Waals surface area (Å²) >= 11 is 3.15. The molecule has 2 aromatic rings. The Morgan fingerprint density at radius 1 is 1.40 bits per heavy atom. The van der Waals surface area contributed by atoms with Gasteiger partial charge in [0.15, 0.2) is 0 Å². The number of aryl methyl sites for hydroxylation is 1. The third-order valence-corrected chi connectivity index (χ3v) is 3.44. The molecule has 0 saturated carbocycles. The number of hydrogen-bond acceptors (Lipinski definition) is 5. The maximum absolute atomic E-state index is 13.4. The van der Waals surface area contributed by atoms with Crippen LogP contribution in [0, 0.1) is 12.7 Å². The van der Waals surface area contributed by atoms with E-state index in [-0.39, 0.29) is 17.9 Å². The highest BCUT2D eigenvalue weighted by Gasteiger charge is 2.14. The highest BCUT2D eigenvalue weighted by atomic mass is 79.9. The number of aromatic nitrogens is 2. The van der Waals surface area contributed by atoms with Gasteiger partial charge < -0.3 is 15.1 Å². The molecular weight excluding hydrogens is 327 g/mol. The van der Waals surface area contributed by atoms with Crippen molar-refractivity contribution in [1.29, 1.82) is 0 Å². The average Bonchev–Trinajstić information content (AvgIpc) is 2.85. The molecule has 108 valence electrons. The molecule has 0 fully saturated rings. The van der Waals surface area contributed by atoms with E-state index in [4.69, 9.17) is 4.42 Å². The lowest BCUT2D eigenvalue weighted by Crippen LogP contribution is -2.17. The van der Waals surface area contributed by atoms with E-state index < -0.39 is 0 Å². The molecule has 1 atom stereocenters. The van der Waals surface area contributed by atoms with Crippen molar-refractivity contribution in [3.63, 3.8) is 0 Å². The topological polar surface area (TPSA) is 63.0 Å². The van der Waals surface area contributed by atoms with Crippen molar-refractivity contribution in [2.75, 3.05) is 11.9 Å². The molecule has 2 N–H and O–H groups in total. The largest absolute Gasteiger partial charge is 0.406 e. The Morgan fingerprint density at radius 2 is 2.15 bits per heavy atom. The van der Waals surface area contributed by atoms with Crippen LogP contribution < -0.4 is 10.6 Å². The molecule has 20 heavy (non-hydrogen) atoms. The van der Waals surface area contributed by atoms with E-state index in [9.17, 15) is 4.39 Å². The van der Waals surface area contributed by atoms with E-state index in [1.54, 1.807) is 13.0 Å². The smallest absolute Gasteiger partial charge is 0.320 e. The van der Waals surface area contributed by atoms with Crippen LogP contribution in [0.4, 0.5) is 16.1 Å². The second kappa shape index (κ2) is 6.32. The molecule has 1 aromatic heterocycles. The number of nitrogens with zero attached hydrogens (tertiary/aromatic N) is 2. The van der Waals surface area contributed by atoms with Crippen LogP contribution in [0.15, 0.2) is 21.0 Å². The van der Waals surface area contributed by atoms with Crippen LogP contribution in [0.3, 0.4) is 0 Å². The quantitative estimate of drug-likeness (QED) is 0.867. The van der Waals surface area contributed by atoms with E-state index in [1.807, 2.05) is 13.8 Å². The standard InChI is InChI=1S/C13H16BrFN4O/c1-4-16-8(3)12-18-19-13(20-12)17-11-6-9(14)10(15)5-7(11)2/h5-6,8,16H,4H2,1-3H3,(H,17,19). The molecule has 1 aromatic carbocycles. The summed E-state index contributed by atoms with van der Waals surface area (Å²) < 4.78 is 19.3. The number of benzene rings is 1. The summed E-state index contributed by atoms with van der Waals surface area (Å²) in [6.45, 7) is 6.57. The van der Waals surface area contributed by atoms with Gasteiger partial charge in [0.1, 0.15) is 5.82 Å². The summed E-state index contributed by atoms with van der Waals surface area (Å²) in [5.74, 6) is 0.202. The zero-order chi connectivity index (χ0) is 14.7. The second-order valence-corrected chi connectivity index (χ2v) is 5.29. The van der Waals surface area contributed by atoms with Gasteiger partial charge in [-0.3, -0.25) is 0 Å². The van der Waals surface area contributed by atoms with Crippen LogP contribution in [-0.4, -0.2) is 16.7 Å². The first-order valence-electron chi connectivity index (χ1n) is 6.30. The van der Waals surface area contributed by atoms with Crippen molar-refractivity contribution in [2.24, 2.45) is 0 Å². The fourth-order valence-corrected chi connectivity index (χ4v) is 2.09. The zero-order valence-electron chi connectivity index (χ0n) is 11.5. The van der Waals surface area contributed by atoms with Crippen LogP contribution in [-0.2, 0) is 0 Å². The Morgan fingerprint density at radius 3 is 2.85 bits per heavy atom. The molecule has 0 aliphatic rings. The summed E-state index contributed by atoms with van der Waals surface area (Å²) in [5, 5.41) is 14.1. The Balaban J connectivity index is 2.16. The van der Waals surface area contributed by atoms with Crippen molar-refractivity contribution < 1.29 is 8.81 Å². The summed E-state index contributed by atoms with van der Waals surface area (Å²) in [5.41, 5.74) is 1.47. The van der Waals surface area contributed by atoms with Crippen molar-refractivity contribution in [1.82, 2.24) is 15.5 Å². The van der Waals surface area contributed by atoms with Gasteiger partial charge in [0.05, 0.1) is 10.5 Å². The van der Waals surface area contributed by atoms with Crippen LogP contribution in [0.2, 0.25) is 0 Å². The average molecular weight is 343 g/mol. The van der Waals surface area contributed by atoms with E-state index in [1.165, 1.54) is 6.07 Å². The summed E-state index contributed by atoms with van der Waals surface area (Å²) in [7, 11) is 0. The maximum atomic E-state index is 13.4. The third-order valence-electron chi connectivity index (χ3n) is 2.83. The first-order chi connectivity index (χ1) is 9.51. The summed E-state index contributed by atoms with van der Waals surface area (Å²) in [6.07, 6.45) is 0. The van der Waals surface area contributed by atoms with E-state index in [0.29, 0.717) is 16.1 Å². The van der Waals surface area contributed by atoms with Crippen LogP contribution >= 0.6 is 15.9 Å². The van der Waals surface area contributed by atoms with Crippen molar-refractivity contribution in [3.8, 4) is 0 Å². The van der Waals surface area contributed by atoms with Gasteiger partial charge in [0.2, 0.25) is 5.89 Å². The molecule has 0 aliphatic heterocycles. The first kappa shape index (κ1) is 14.9. The normalized spacial score (nSPS) is 12.4. The Kier molecular flexibility index (Phi) is 4.72. The van der Waals surface area contributed by atoms with Gasteiger partial charge in [0, 0.05) is 5.69 Å². The number of hydrogen-bond donors (Lipinski definition) is 2. The minimum absolute atomic E-state index is 0.0101. The molecule has 7 heteroatoms. The Hall–Kier alpha value is -1.47. The lowest BCUT2D eigenvalue weighted by molar-refractivity contribution is 0.430. The lowest BCUT2D eigenvalue weighted by Gasteiger charge is -2.08. The third kappa shape index (κ3) is 3.34. The van der Waals surface area contributed by atoms with Gasteiger partial charge >= 0.3 is 6.01 Å². The minimum Gasteiger partial charge on any atom is -0.406 e. The van der Waals surface area contributed by atoms with E-state index in [2.05, 4.69) is 36.8 Å². The van der Waals surface area contributed by atoms with Gasteiger partial charge in [-0.2, -0.15) is 0 Å². The number of halogens is 2. The Bertz CT molecular complexity index is 602. The molecule has 0 bridgehead atoms. The molecular formula is C13H16BrFN4O. The molecule has 0 spiro atoms. The summed E-state index contributed by atoms with van der Waals surface area (Å²) in [6, 6.07) is 3.35. The number of rotatable bonds is 5. The van der Waals surface area contributed by atoms with Gasteiger partial charge in [0.25, 0.3) is 0 Å². The van der Waals surface area contributed by atoms with Gasteiger partial charge in [-0.25, -0.2) is 4.39 Å². The lowest BCUT2D eigenvalue weighted by atomic mass is 10.2. The highest BCUT2D eigenvalue weighted by Crippen LogP contribution is 2.27. The Labute approximate surface area is 125 Å². The van der Waals surface area contributed by atoms with Crippen LogP contribution in [0.1, 0.15) is 31.3 Å². The SMILES string of the molecule is CCNC(C)c1nnc(Nc2cc(Br)c(F)cc2C)o1. The van der Waals surface area contributed by atoms with Crippen molar-refractivity contribution in [3.05, 3.63) is 33.9 Å². The van der Waals surface area contributed by atoms with Gasteiger partial charge in [-0.05, 0) is 54.0 Å². The molecule has 1 unspecified atom stereocenters. The van der Waals surface area contributed by atoms with Crippen molar-refractivity contribution >= 4 is 27.6 Å². The summed E-state index contributed by atoms with van der Waals surface area (Å²) in [4.78, 5) is 0. The predicted molar refractivity (Wildman–Crippen MR) is 78.5 cm³/mol. The zero-order valence-corrected chi connectivity index (χ0v) is 13.1.